The molecule has 0 spiro atoms. The van der Waals surface area contributed by atoms with Crippen LogP contribution in [0.25, 0.3) is 0 Å². The molecule has 2 aromatic rings. The van der Waals surface area contributed by atoms with Crippen molar-refractivity contribution in [2.75, 3.05) is 27.6 Å². The molecular formula is C18H22O3. The highest BCUT2D eigenvalue weighted by atomic mass is 16.7. The second-order valence-electron chi connectivity index (χ2n) is 4.91. The minimum absolute atomic E-state index is 0.357. The van der Waals surface area contributed by atoms with Gasteiger partial charge in [0.15, 0.2) is 0 Å². The van der Waals surface area contributed by atoms with Gasteiger partial charge in [0.05, 0.1) is 13.7 Å². The third-order valence-corrected chi connectivity index (χ3v) is 3.33. The molecule has 112 valence electrons. The Kier molecular flexibility index (Phi) is 6.25. The van der Waals surface area contributed by atoms with Gasteiger partial charge in [-0.2, -0.15) is 0 Å². The van der Waals surface area contributed by atoms with E-state index in [1.54, 1.807) is 14.2 Å². The van der Waals surface area contributed by atoms with Gasteiger partial charge in [-0.25, -0.2) is 0 Å². The van der Waals surface area contributed by atoms with Crippen LogP contribution < -0.4 is 4.74 Å². The van der Waals surface area contributed by atoms with Crippen molar-refractivity contribution in [3.63, 3.8) is 0 Å². The number of rotatable bonds is 8. The van der Waals surface area contributed by atoms with E-state index in [4.69, 9.17) is 14.2 Å². The fourth-order valence-electron chi connectivity index (χ4n) is 2.14. The summed E-state index contributed by atoms with van der Waals surface area (Å²) in [4.78, 5) is 0. The molecule has 0 saturated heterocycles. The lowest BCUT2D eigenvalue weighted by Crippen LogP contribution is -2.01. The molecule has 21 heavy (non-hydrogen) atoms. The molecule has 0 amide bonds. The topological polar surface area (TPSA) is 27.7 Å². The summed E-state index contributed by atoms with van der Waals surface area (Å²) in [5.74, 6) is 0.894. The smallest absolute Gasteiger partial charge is 0.146 e. The van der Waals surface area contributed by atoms with Crippen LogP contribution in [0.15, 0.2) is 48.5 Å². The summed E-state index contributed by atoms with van der Waals surface area (Å²) in [6, 6.07) is 16.9. The van der Waals surface area contributed by atoms with Crippen LogP contribution in [0, 0.1) is 0 Å². The molecule has 0 N–H and O–H groups in total. The summed E-state index contributed by atoms with van der Waals surface area (Å²) in [6.07, 6.45) is 1.84. The molecule has 0 aromatic heterocycles. The maximum atomic E-state index is 5.30. The Labute approximate surface area is 126 Å². The average Bonchev–Trinajstić information content (AvgIpc) is 2.54. The van der Waals surface area contributed by atoms with Crippen LogP contribution in [-0.4, -0.2) is 27.6 Å². The normalized spacial score (nSPS) is 10.6. The van der Waals surface area contributed by atoms with Crippen molar-refractivity contribution < 1.29 is 14.2 Å². The molecule has 0 atom stereocenters. The summed E-state index contributed by atoms with van der Waals surface area (Å²) >= 11 is 0. The van der Waals surface area contributed by atoms with Gasteiger partial charge in [-0.05, 0) is 41.7 Å². The standard InChI is InChI=1S/C18H22O3/c1-19-14-21-12-11-15-3-5-16(6-4-15)13-17-7-9-18(20-2)10-8-17/h3-10H,11-14H2,1-2H3. The van der Waals surface area contributed by atoms with Crippen molar-refractivity contribution in [1.82, 2.24) is 0 Å². The SMILES string of the molecule is COCOCCc1ccc(Cc2ccc(OC)cc2)cc1. The largest absolute Gasteiger partial charge is 0.497 e. The number of methoxy groups -OCH3 is 2. The molecule has 0 saturated carbocycles. The Bertz CT molecular complexity index is 517. The minimum atomic E-state index is 0.357. The van der Waals surface area contributed by atoms with Crippen molar-refractivity contribution >= 4 is 0 Å². The highest BCUT2D eigenvalue weighted by Gasteiger charge is 1.99. The quantitative estimate of drug-likeness (QED) is 0.549. The van der Waals surface area contributed by atoms with Gasteiger partial charge >= 0.3 is 0 Å². The van der Waals surface area contributed by atoms with Gasteiger partial charge in [0, 0.05) is 7.11 Å². The van der Waals surface area contributed by atoms with E-state index in [0.717, 1.165) is 18.6 Å². The highest BCUT2D eigenvalue weighted by Crippen LogP contribution is 2.15. The predicted molar refractivity (Wildman–Crippen MR) is 83.8 cm³/mol. The Morgan fingerprint density at radius 3 is 1.90 bits per heavy atom. The van der Waals surface area contributed by atoms with Crippen molar-refractivity contribution in [3.05, 3.63) is 65.2 Å². The zero-order chi connectivity index (χ0) is 14.9. The van der Waals surface area contributed by atoms with E-state index in [2.05, 4.69) is 36.4 Å². The molecule has 0 fully saturated rings. The third-order valence-electron chi connectivity index (χ3n) is 3.33. The molecule has 0 aliphatic carbocycles. The molecule has 0 radical (unpaired) electrons. The molecule has 0 heterocycles. The van der Waals surface area contributed by atoms with E-state index >= 15 is 0 Å². The minimum Gasteiger partial charge on any atom is -0.497 e. The van der Waals surface area contributed by atoms with E-state index < -0.39 is 0 Å². The molecule has 0 aliphatic rings. The number of hydrogen-bond acceptors (Lipinski definition) is 3. The Balaban J connectivity index is 1.86. The maximum absolute atomic E-state index is 5.30. The van der Waals surface area contributed by atoms with E-state index in [9.17, 15) is 0 Å². The molecule has 2 aromatic carbocycles. The summed E-state index contributed by atoms with van der Waals surface area (Å²) in [6.45, 7) is 1.04. The van der Waals surface area contributed by atoms with E-state index in [0.29, 0.717) is 13.4 Å². The lowest BCUT2D eigenvalue weighted by Gasteiger charge is -2.06. The van der Waals surface area contributed by atoms with Gasteiger partial charge in [-0.15, -0.1) is 0 Å². The maximum Gasteiger partial charge on any atom is 0.146 e. The zero-order valence-electron chi connectivity index (χ0n) is 12.7. The number of benzene rings is 2. The number of ether oxygens (including phenoxy) is 3. The number of hydrogen-bond donors (Lipinski definition) is 0. The molecule has 3 nitrogen and oxygen atoms in total. The Morgan fingerprint density at radius 1 is 0.762 bits per heavy atom. The van der Waals surface area contributed by atoms with Crippen molar-refractivity contribution in [2.45, 2.75) is 12.8 Å². The molecular weight excluding hydrogens is 264 g/mol. The Morgan fingerprint density at radius 2 is 1.33 bits per heavy atom. The molecule has 3 heteroatoms. The first kappa shape index (κ1) is 15.5. The predicted octanol–water partition coefficient (Wildman–Crippen LogP) is 3.45. The molecule has 0 unspecified atom stereocenters. The van der Waals surface area contributed by atoms with Gasteiger partial charge in [-0.3, -0.25) is 0 Å². The van der Waals surface area contributed by atoms with Crippen molar-refractivity contribution in [2.24, 2.45) is 0 Å². The molecule has 0 aliphatic heterocycles. The van der Waals surface area contributed by atoms with Crippen LogP contribution in [-0.2, 0) is 22.3 Å². The summed E-state index contributed by atoms with van der Waals surface area (Å²) in [7, 11) is 3.32. The van der Waals surface area contributed by atoms with Gasteiger partial charge < -0.3 is 14.2 Å². The Hall–Kier alpha value is -1.84. The van der Waals surface area contributed by atoms with Crippen LogP contribution in [0.1, 0.15) is 16.7 Å². The monoisotopic (exact) mass is 286 g/mol. The first-order chi connectivity index (χ1) is 10.3. The third kappa shape index (κ3) is 5.21. The van der Waals surface area contributed by atoms with Crippen molar-refractivity contribution in [3.8, 4) is 5.75 Å². The van der Waals surface area contributed by atoms with Gasteiger partial charge in [0.25, 0.3) is 0 Å². The van der Waals surface area contributed by atoms with Crippen molar-refractivity contribution in [1.29, 1.82) is 0 Å². The van der Waals surface area contributed by atoms with Gasteiger partial charge in [-0.1, -0.05) is 36.4 Å². The fourth-order valence-corrected chi connectivity index (χ4v) is 2.14. The van der Waals surface area contributed by atoms with E-state index in [-0.39, 0.29) is 0 Å². The first-order valence-electron chi connectivity index (χ1n) is 7.09. The summed E-state index contributed by atoms with van der Waals surface area (Å²) in [5.41, 5.74) is 3.87. The van der Waals surface area contributed by atoms with Crippen LogP contribution >= 0.6 is 0 Å². The average molecular weight is 286 g/mol. The first-order valence-corrected chi connectivity index (χ1v) is 7.09. The summed E-state index contributed by atoms with van der Waals surface area (Å²) < 4.78 is 15.3. The second kappa shape index (κ2) is 8.45. The van der Waals surface area contributed by atoms with Gasteiger partial charge in [0.1, 0.15) is 12.5 Å². The molecule has 0 bridgehead atoms. The lowest BCUT2D eigenvalue weighted by atomic mass is 10.0. The highest BCUT2D eigenvalue weighted by molar-refractivity contribution is 5.32. The van der Waals surface area contributed by atoms with E-state index in [1.807, 2.05) is 12.1 Å². The summed E-state index contributed by atoms with van der Waals surface area (Å²) in [5, 5.41) is 0. The van der Waals surface area contributed by atoms with Crippen LogP contribution in [0.2, 0.25) is 0 Å². The molecule has 2 rings (SSSR count). The van der Waals surface area contributed by atoms with E-state index in [1.165, 1.54) is 16.7 Å². The lowest BCUT2D eigenvalue weighted by molar-refractivity contribution is -0.0291. The van der Waals surface area contributed by atoms with Crippen LogP contribution in [0.4, 0.5) is 0 Å². The fraction of sp³-hybridized carbons (Fsp3) is 0.333. The zero-order valence-corrected chi connectivity index (χ0v) is 12.7. The second-order valence-corrected chi connectivity index (χ2v) is 4.91. The van der Waals surface area contributed by atoms with Crippen LogP contribution in [0.3, 0.4) is 0 Å². The van der Waals surface area contributed by atoms with Crippen LogP contribution in [0.5, 0.6) is 5.75 Å². The van der Waals surface area contributed by atoms with Gasteiger partial charge in [0.2, 0.25) is 0 Å².